The van der Waals surface area contributed by atoms with Crippen LogP contribution in [0.4, 0.5) is 4.39 Å². The summed E-state index contributed by atoms with van der Waals surface area (Å²) in [6, 6.07) is 4.21. The highest BCUT2D eigenvalue weighted by Crippen LogP contribution is 2.31. The van der Waals surface area contributed by atoms with E-state index in [9.17, 15) is 14.3 Å². The first-order valence-electron chi connectivity index (χ1n) is 7.14. The Kier molecular flexibility index (Phi) is 7.56. The Labute approximate surface area is 140 Å². The van der Waals surface area contributed by atoms with Gasteiger partial charge in [0.05, 0.1) is 0 Å². The summed E-state index contributed by atoms with van der Waals surface area (Å²) in [5, 5.41) is 12.9. The third-order valence-corrected chi connectivity index (χ3v) is 4.43. The maximum atomic E-state index is 13.7. The number of nitrogens with two attached hydrogens (primary N) is 1. The van der Waals surface area contributed by atoms with Gasteiger partial charge < -0.3 is 16.2 Å². The molecule has 124 valence electrons. The van der Waals surface area contributed by atoms with Gasteiger partial charge in [-0.1, -0.05) is 24.1 Å². The van der Waals surface area contributed by atoms with Crippen molar-refractivity contribution >= 4 is 29.9 Å². The van der Waals surface area contributed by atoms with E-state index >= 15 is 0 Å². The van der Waals surface area contributed by atoms with E-state index in [-0.39, 0.29) is 47.3 Å². The van der Waals surface area contributed by atoms with E-state index in [1.807, 2.05) is 0 Å². The molecule has 1 aromatic rings. The van der Waals surface area contributed by atoms with Gasteiger partial charge in [-0.15, -0.1) is 12.4 Å². The molecule has 1 fully saturated rings. The number of benzene rings is 1. The Hall–Kier alpha value is -0.880. The van der Waals surface area contributed by atoms with Gasteiger partial charge in [0.15, 0.2) is 0 Å². The van der Waals surface area contributed by atoms with Crippen molar-refractivity contribution in [3.8, 4) is 0 Å². The predicted octanol–water partition coefficient (Wildman–Crippen LogP) is 2.43. The number of aliphatic hydroxyl groups excluding tert-OH is 1. The zero-order chi connectivity index (χ0) is 15.4. The summed E-state index contributed by atoms with van der Waals surface area (Å²) in [7, 11) is 0. The minimum atomic E-state index is -1.17. The van der Waals surface area contributed by atoms with Gasteiger partial charge in [0, 0.05) is 23.0 Å². The van der Waals surface area contributed by atoms with E-state index in [4.69, 9.17) is 17.3 Å². The molecule has 0 heterocycles. The monoisotopic (exact) mass is 350 g/mol. The third kappa shape index (κ3) is 4.32. The number of amides is 1. The van der Waals surface area contributed by atoms with Gasteiger partial charge in [0.2, 0.25) is 5.91 Å². The molecule has 22 heavy (non-hydrogen) atoms. The minimum Gasteiger partial charge on any atom is -0.386 e. The lowest BCUT2D eigenvalue weighted by Crippen LogP contribution is -2.37. The number of carbonyl (C=O) groups excluding carboxylic acids is 1. The number of hydrogen-bond donors (Lipinski definition) is 3. The van der Waals surface area contributed by atoms with E-state index < -0.39 is 11.9 Å². The summed E-state index contributed by atoms with van der Waals surface area (Å²) in [5.41, 5.74) is 5.67. The first-order valence-corrected chi connectivity index (χ1v) is 7.52. The third-order valence-electron chi connectivity index (χ3n) is 4.10. The van der Waals surface area contributed by atoms with Crippen LogP contribution in [0.2, 0.25) is 5.02 Å². The molecule has 1 unspecified atom stereocenters. The summed E-state index contributed by atoms with van der Waals surface area (Å²) in [5.74, 6) is -0.628. The molecule has 7 heteroatoms. The normalized spacial score (nSPS) is 22.0. The smallest absolute Gasteiger partial charge is 0.223 e. The van der Waals surface area contributed by atoms with Gasteiger partial charge in [-0.2, -0.15) is 0 Å². The van der Waals surface area contributed by atoms with Crippen molar-refractivity contribution in [3.05, 3.63) is 34.6 Å². The average molecular weight is 351 g/mol. The van der Waals surface area contributed by atoms with Gasteiger partial charge >= 0.3 is 0 Å². The zero-order valence-electron chi connectivity index (χ0n) is 12.1. The van der Waals surface area contributed by atoms with Gasteiger partial charge in [-0.05, 0) is 37.4 Å². The molecule has 3 atom stereocenters. The van der Waals surface area contributed by atoms with Crippen LogP contribution < -0.4 is 11.1 Å². The largest absolute Gasteiger partial charge is 0.386 e. The number of carbonyl (C=O) groups is 1. The summed E-state index contributed by atoms with van der Waals surface area (Å²) in [4.78, 5) is 12.1. The van der Waals surface area contributed by atoms with Crippen LogP contribution >= 0.6 is 24.0 Å². The van der Waals surface area contributed by atoms with Crippen LogP contribution in [-0.4, -0.2) is 24.1 Å². The average Bonchev–Trinajstić information content (AvgIpc) is 2.93. The van der Waals surface area contributed by atoms with Crippen molar-refractivity contribution in [2.24, 2.45) is 17.6 Å². The Morgan fingerprint density at radius 1 is 1.50 bits per heavy atom. The molecule has 2 rings (SSSR count). The van der Waals surface area contributed by atoms with Crippen LogP contribution in [0, 0.1) is 17.7 Å². The summed E-state index contributed by atoms with van der Waals surface area (Å²) < 4.78 is 13.7. The molecule has 1 saturated carbocycles. The van der Waals surface area contributed by atoms with Gasteiger partial charge in [0.25, 0.3) is 0 Å². The number of halogens is 3. The second-order valence-corrected chi connectivity index (χ2v) is 5.84. The number of nitrogens with one attached hydrogen (secondary N) is 1. The lowest BCUT2D eigenvalue weighted by molar-refractivity contribution is -0.126. The zero-order valence-corrected chi connectivity index (χ0v) is 13.7. The molecule has 1 aromatic carbocycles. The molecule has 0 spiro atoms. The van der Waals surface area contributed by atoms with Crippen LogP contribution in [0.1, 0.15) is 30.9 Å². The van der Waals surface area contributed by atoms with Gasteiger partial charge in [-0.3, -0.25) is 4.79 Å². The van der Waals surface area contributed by atoms with Gasteiger partial charge in [0.1, 0.15) is 11.9 Å². The van der Waals surface area contributed by atoms with E-state index in [0.717, 1.165) is 19.3 Å². The summed E-state index contributed by atoms with van der Waals surface area (Å²) >= 11 is 5.88. The predicted molar refractivity (Wildman–Crippen MR) is 86.5 cm³/mol. The topological polar surface area (TPSA) is 75.4 Å². The highest BCUT2D eigenvalue weighted by molar-refractivity contribution is 6.31. The first-order chi connectivity index (χ1) is 10.0. The second-order valence-electron chi connectivity index (χ2n) is 5.43. The molecule has 0 saturated heterocycles. The SMILES string of the molecule is Cl.NC[C@H]1CCC[C@H]1C(=O)NCC(O)c1c(F)cccc1Cl. The summed E-state index contributed by atoms with van der Waals surface area (Å²) in [6.07, 6.45) is 1.59. The fourth-order valence-corrected chi connectivity index (χ4v) is 3.21. The van der Waals surface area contributed by atoms with Crippen molar-refractivity contribution in [2.75, 3.05) is 13.1 Å². The van der Waals surface area contributed by atoms with Crippen LogP contribution in [0.25, 0.3) is 0 Å². The highest BCUT2D eigenvalue weighted by atomic mass is 35.5. The number of aliphatic hydroxyl groups is 1. The molecular formula is C15H21Cl2FN2O2. The minimum absolute atomic E-state index is 0. The van der Waals surface area contributed by atoms with E-state index in [2.05, 4.69) is 5.32 Å². The van der Waals surface area contributed by atoms with Crippen LogP contribution in [0.15, 0.2) is 18.2 Å². The Bertz CT molecular complexity index is 496. The highest BCUT2D eigenvalue weighted by Gasteiger charge is 2.32. The number of rotatable bonds is 5. The fraction of sp³-hybridized carbons (Fsp3) is 0.533. The van der Waals surface area contributed by atoms with Crippen molar-refractivity contribution in [1.29, 1.82) is 0 Å². The molecule has 0 aromatic heterocycles. The number of hydrogen-bond acceptors (Lipinski definition) is 3. The molecular weight excluding hydrogens is 330 g/mol. The molecule has 0 bridgehead atoms. The molecule has 0 aliphatic heterocycles. The molecule has 1 aliphatic carbocycles. The van der Waals surface area contributed by atoms with Crippen molar-refractivity contribution < 1.29 is 14.3 Å². The maximum absolute atomic E-state index is 13.7. The molecule has 0 radical (unpaired) electrons. The lowest BCUT2D eigenvalue weighted by atomic mass is 9.95. The Balaban J connectivity index is 0.00000242. The van der Waals surface area contributed by atoms with Crippen LogP contribution in [0.5, 0.6) is 0 Å². The second kappa shape index (κ2) is 8.67. The Morgan fingerprint density at radius 2 is 2.23 bits per heavy atom. The van der Waals surface area contributed by atoms with Gasteiger partial charge in [-0.25, -0.2) is 4.39 Å². The van der Waals surface area contributed by atoms with Crippen LogP contribution in [0.3, 0.4) is 0 Å². The molecule has 1 aliphatic rings. The van der Waals surface area contributed by atoms with E-state index in [0.29, 0.717) is 6.54 Å². The van der Waals surface area contributed by atoms with Crippen molar-refractivity contribution in [1.82, 2.24) is 5.32 Å². The van der Waals surface area contributed by atoms with Crippen molar-refractivity contribution in [2.45, 2.75) is 25.4 Å². The molecule has 4 nitrogen and oxygen atoms in total. The molecule has 4 N–H and O–H groups in total. The van der Waals surface area contributed by atoms with E-state index in [1.54, 1.807) is 0 Å². The maximum Gasteiger partial charge on any atom is 0.223 e. The fourth-order valence-electron chi connectivity index (χ4n) is 2.92. The lowest BCUT2D eigenvalue weighted by Gasteiger charge is -2.19. The first kappa shape index (κ1) is 19.2. The summed E-state index contributed by atoms with van der Waals surface area (Å²) in [6.45, 7) is 0.424. The molecule has 1 amide bonds. The quantitative estimate of drug-likeness (QED) is 0.763. The van der Waals surface area contributed by atoms with E-state index in [1.165, 1.54) is 18.2 Å². The van der Waals surface area contributed by atoms with Crippen LogP contribution in [-0.2, 0) is 4.79 Å². The standard InChI is InChI=1S/C15H20ClFN2O2.ClH/c16-11-5-2-6-12(17)14(11)13(20)8-19-15(21)10-4-1-3-9(10)7-18;/h2,5-6,9-10,13,20H,1,3-4,7-8,18H2,(H,19,21);1H/t9-,10-,13?;/m1./s1. The van der Waals surface area contributed by atoms with Crippen molar-refractivity contribution in [3.63, 3.8) is 0 Å². The Morgan fingerprint density at radius 3 is 2.86 bits per heavy atom.